The summed E-state index contributed by atoms with van der Waals surface area (Å²) < 4.78 is 17.2. The number of imide groups is 1. The van der Waals surface area contributed by atoms with E-state index in [1.807, 2.05) is 78.9 Å². The van der Waals surface area contributed by atoms with Crippen LogP contribution >= 0.6 is 11.8 Å². The first-order chi connectivity index (χ1) is 17.1. The molecule has 7 nitrogen and oxygen atoms in total. The predicted molar refractivity (Wildman–Crippen MR) is 130 cm³/mol. The zero-order valence-corrected chi connectivity index (χ0v) is 19.4. The molecule has 8 heteroatoms. The van der Waals surface area contributed by atoms with Crippen LogP contribution in [0, 0.1) is 0 Å². The maximum absolute atomic E-state index is 11.9. The Hall–Kier alpha value is -4.17. The lowest BCUT2D eigenvalue weighted by molar-refractivity contribution is -0.120. The lowest BCUT2D eigenvalue weighted by Crippen LogP contribution is -2.22. The second-order valence-corrected chi connectivity index (χ2v) is 8.94. The number of rotatable bonds is 9. The number of benzene rings is 3. The van der Waals surface area contributed by atoms with Crippen LogP contribution in [0.3, 0.4) is 0 Å². The topological polar surface area (TPSA) is 89.8 Å². The lowest BCUT2D eigenvalue weighted by atomic mass is 10.2. The van der Waals surface area contributed by atoms with Crippen molar-refractivity contribution in [1.82, 2.24) is 10.6 Å². The van der Waals surface area contributed by atoms with Gasteiger partial charge in [-0.3, -0.25) is 10.1 Å². The number of carbonyl (C=O) groups excluding carboxylic acids is 2. The van der Waals surface area contributed by atoms with E-state index >= 15 is 0 Å². The van der Waals surface area contributed by atoms with Gasteiger partial charge < -0.3 is 19.2 Å². The lowest BCUT2D eigenvalue weighted by Gasteiger charge is -2.10. The quantitative estimate of drug-likeness (QED) is 0.305. The highest BCUT2D eigenvalue weighted by atomic mass is 32.2. The van der Waals surface area contributed by atoms with Gasteiger partial charge in [-0.05, 0) is 53.6 Å². The number of urea groups is 1. The summed E-state index contributed by atoms with van der Waals surface area (Å²) in [6.07, 6.45) is 1.50. The molecule has 0 aliphatic carbocycles. The molecular formula is C27H22N2O5S. The fourth-order valence-corrected chi connectivity index (χ4v) is 4.44. The van der Waals surface area contributed by atoms with Gasteiger partial charge in [-0.2, -0.15) is 0 Å². The standard InChI is InChI=1S/C27H22N2O5S/c30-26-24(28-27(31)29-26)25-23(14-15-32-25)35-22-12-10-21(11-13-22)34-17-19-6-8-20(9-7-19)33-16-18-4-2-1-3-5-18/h1-15,24H,16-17H2,(H2,28,29,30,31). The summed E-state index contributed by atoms with van der Waals surface area (Å²) in [6, 6.07) is 26.0. The average molecular weight is 487 g/mol. The fourth-order valence-electron chi connectivity index (χ4n) is 3.53. The minimum Gasteiger partial charge on any atom is -0.489 e. The van der Waals surface area contributed by atoms with Crippen LogP contribution in [0.1, 0.15) is 22.9 Å². The Bertz CT molecular complexity index is 1300. The molecule has 2 heterocycles. The molecule has 176 valence electrons. The van der Waals surface area contributed by atoms with Crippen molar-refractivity contribution in [2.75, 3.05) is 0 Å². The molecule has 0 radical (unpaired) electrons. The van der Waals surface area contributed by atoms with Gasteiger partial charge in [0.15, 0.2) is 6.04 Å². The van der Waals surface area contributed by atoms with Crippen LogP contribution < -0.4 is 20.1 Å². The predicted octanol–water partition coefficient (Wildman–Crippen LogP) is 5.47. The summed E-state index contributed by atoms with van der Waals surface area (Å²) in [6.45, 7) is 0.970. The number of ether oxygens (including phenoxy) is 2. The average Bonchev–Trinajstić information content (AvgIpc) is 3.48. The molecule has 1 saturated heterocycles. The number of hydrogen-bond donors (Lipinski definition) is 2. The summed E-state index contributed by atoms with van der Waals surface area (Å²) in [4.78, 5) is 25.1. The summed E-state index contributed by atoms with van der Waals surface area (Å²) >= 11 is 1.44. The van der Waals surface area contributed by atoms with E-state index in [1.165, 1.54) is 18.0 Å². The Morgan fingerprint density at radius 2 is 1.40 bits per heavy atom. The first-order valence-electron chi connectivity index (χ1n) is 11.0. The molecule has 1 unspecified atom stereocenters. The van der Waals surface area contributed by atoms with E-state index in [2.05, 4.69) is 10.6 Å². The van der Waals surface area contributed by atoms with Crippen LogP contribution in [0.25, 0.3) is 0 Å². The van der Waals surface area contributed by atoms with E-state index < -0.39 is 18.0 Å². The van der Waals surface area contributed by atoms with Crippen molar-refractivity contribution in [2.45, 2.75) is 29.0 Å². The van der Waals surface area contributed by atoms with Gasteiger partial charge in [-0.25, -0.2) is 4.79 Å². The Morgan fingerprint density at radius 1 is 0.771 bits per heavy atom. The third kappa shape index (κ3) is 5.67. The number of nitrogens with one attached hydrogen (secondary N) is 2. The second kappa shape index (κ2) is 10.4. The number of furan rings is 1. The molecule has 1 fully saturated rings. The zero-order valence-electron chi connectivity index (χ0n) is 18.6. The van der Waals surface area contributed by atoms with Crippen molar-refractivity contribution >= 4 is 23.7 Å². The summed E-state index contributed by atoms with van der Waals surface area (Å²) in [5, 5.41) is 4.77. The molecule has 1 aromatic heterocycles. The van der Waals surface area contributed by atoms with Crippen LogP contribution in [-0.4, -0.2) is 11.9 Å². The molecule has 3 aromatic carbocycles. The van der Waals surface area contributed by atoms with Crippen molar-refractivity contribution in [3.63, 3.8) is 0 Å². The summed E-state index contributed by atoms with van der Waals surface area (Å²) in [5.41, 5.74) is 2.16. The molecule has 35 heavy (non-hydrogen) atoms. The van der Waals surface area contributed by atoms with E-state index in [1.54, 1.807) is 6.07 Å². The van der Waals surface area contributed by atoms with Crippen LogP contribution in [0.5, 0.6) is 11.5 Å². The fraction of sp³-hybridized carbons (Fsp3) is 0.111. The van der Waals surface area contributed by atoms with Gasteiger partial charge in [0, 0.05) is 4.90 Å². The Morgan fingerprint density at radius 3 is 2.03 bits per heavy atom. The third-order valence-corrected chi connectivity index (χ3v) is 6.39. The van der Waals surface area contributed by atoms with Crippen molar-refractivity contribution in [1.29, 1.82) is 0 Å². The summed E-state index contributed by atoms with van der Waals surface area (Å²) in [7, 11) is 0. The van der Waals surface area contributed by atoms with E-state index in [9.17, 15) is 9.59 Å². The van der Waals surface area contributed by atoms with Crippen molar-refractivity contribution in [3.05, 3.63) is 108 Å². The van der Waals surface area contributed by atoms with Gasteiger partial charge in [-0.1, -0.05) is 54.2 Å². The molecule has 4 aromatic rings. The number of hydrogen-bond acceptors (Lipinski definition) is 6. The number of amides is 3. The Labute approximate surface area is 206 Å². The largest absolute Gasteiger partial charge is 0.489 e. The van der Waals surface area contributed by atoms with Gasteiger partial charge in [0.1, 0.15) is 30.5 Å². The maximum Gasteiger partial charge on any atom is 0.322 e. The first-order valence-corrected chi connectivity index (χ1v) is 11.8. The zero-order chi connectivity index (χ0) is 24.0. The van der Waals surface area contributed by atoms with Gasteiger partial charge >= 0.3 is 6.03 Å². The SMILES string of the molecule is O=C1NC(=O)C(c2occc2Sc2ccc(OCc3ccc(OCc4ccccc4)cc3)cc2)N1. The second-order valence-electron chi connectivity index (χ2n) is 7.83. The van der Waals surface area contributed by atoms with Crippen molar-refractivity contribution in [2.24, 2.45) is 0 Å². The van der Waals surface area contributed by atoms with E-state index in [0.29, 0.717) is 19.0 Å². The van der Waals surface area contributed by atoms with E-state index in [4.69, 9.17) is 13.9 Å². The highest BCUT2D eigenvalue weighted by Crippen LogP contribution is 2.35. The molecule has 0 bridgehead atoms. The molecular weight excluding hydrogens is 464 g/mol. The van der Waals surface area contributed by atoms with Gasteiger partial charge in [0.25, 0.3) is 5.91 Å². The molecule has 3 amide bonds. The summed E-state index contributed by atoms with van der Waals surface area (Å²) in [5.74, 6) is 1.54. The molecule has 5 rings (SSSR count). The van der Waals surface area contributed by atoms with Crippen molar-refractivity contribution in [3.8, 4) is 11.5 Å². The maximum atomic E-state index is 11.9. The third-order valence-electron chi connectivity index (χ3n) is 5.32. The molecule has 0 saturated carbocycles. The highest BCUT2D eigenvalue weighted by molar-refractivity contribution is 7.99. The van der Waals surface area contributed by atoms with Crippen LogP contribution in [0.15, 0.2) is 105 Å². The Kier molecular flexibility index (Phi) is 6.72. The normalized spacial score (nSPS) is 14.9. The van der Waals surface area contributed by atoms with E-state index in [-0.39, 0.29) is 0 Å². The van der Waals surface area contributed by atoms with Gasteiger partial charge in [-0.15, -0.1) is 0 Å². The van der Waals surface area contributed by atoms with Crippen LogP contribution in [-0.2, 0) is 18.0 Å². The van der Waals surface area contributed by atoms with Crippen LogP contribution in [0.2, 0.25) is 0 Å². The monoisotopic (exact) mass is 486 g/mol. The molecule has 1 atom stereocenters. The van der Waals surface area contributed by atoms with Gasteiger partial charge in [0.2, 0.25) is 0 Å². The smallest absolute Gasteiger partial charge is 0.322 e. The molecule has 1 aliphatic heterocycles. The van der Waals surface area contributed by atoms with Crippen molar-refractivity contribution < 1.29 is 23.5 Å². The Balaban J connectivity index is 1.13. The van der Waals surface area contributed by atoms with Crippen LogP contribution in [0.4, 0.5) is 4.79 Å². The molecule has 1 aliphatic rings. The first kappa shape index (κ1) is 22.6. The number of carbonyl (C=O) groups is 2. The van der Waals surface area contributed by atoms with E-state index in [0.717, 1.165) is 32.4 Å². The van der Waals surface area contributed by atoms with Gasteiger partial charge in [0.05, 0.1) is 11.2 Å². The minimum atomic E-state index is -0.822. The minimum absolute atomic E-state index is 0.412. The molecule has 2 N–H and O–H groups in total. The molecule has 0 spiro atoms. The highest BCUT2D eigenvalue weighted by Gasteiger charge is 2.35.